The zero-order valence-corrected chi connectivity index (χ0v) is 24.1. The third-order valence-electron chi connectivity index (χ3n) is 9.03. The molecule has 2 heterocycles. The number of benzene rings is 2. The molecule has 39 heavy (non-hydrogen) atoms. The van der Waals surface area contributed by atoms with Gasteiger partial charge in [-0.2, -0.15) is 0 Å². The van der Waals surface area contributed by atoms with E-state index in [1.807, 2.05) is 17.0 Å². The molecule has 3 aliphatic rings. The van der Waals surface area contributed by atoms with Gasteiger partial charge in [0.05, 0.1) is 0 Å². The quantitative estimate of drug-likeness (QED) is 0.426. The second-order valence-electron chi connectivity index (χ2n) is 11.7. The number of nitrogens with zero attached hydrogens (tertiary/aromatic N) is 2. The first-order chi connectivity index (χ1) is 18.5. The second-order valence-corrected chi connectivity index (χ2v) is 11.7. The fourth-order valence-electron chi connectivity index (χ4n) is 6.80. The van der Waals surface area contributed by atoms with E-state index in [0.717, 1.165) is 50.0 Å². The molecular weight excluding hydrogens is 510 g/mol. The van der Waals surface area contributed by atoms with Gasteiger partial charge in [0, 0.05) is 26.2 Å². The van der Waals surface area contributed by atoms with E-state index in [0.29, 0.717) is 25.3 Å². The zero-order chi connectivity index (χ0) is 26.5. The summed E-state index contributed by atoms with van der Waals surface area (Å²) in [5, 5.41) is 13.1. The molecule has 1 saturated carbocycles. The van der Waals surface area contributed by atoms with Crippen LogP contribution in [0.15, 0.2) is 48.5 Å². The number of piperidine rings is 1. The normalized spacial score (nSPS) is 22.0. The summed E-state index contributed by atoms with van der Waals surface area (Å²) in [4.78, 5) is 31.9. The number of piperazine rings is 1. The maximum atomic E-state index is 13.8. The molecule has 2 amide bonds. The van der Waals surface area contributed by atoms with Crippen molar-refractivity contribution in [3.05, 3.63) is 54.1 Å². The SMILES string of the molecule is CCCCN1C(=O)[C@H](CC2CCCCC2)NC(=O)C12CCN(Cc1cccc(-c3cccc(O)c3)c1)CC2.Cl. The number of likely N-dealkylation sites (tertiary alicyclic amines) is 1. The van der Waals surface area contributed by atoms with Gasteiger partial charge in [-0.25, -0.2) is 0 Å². The van der Waals surface area contributed by atoms with Gasteiger partial charge in [-0.1, -0.05) is 75.8 Å². The average molecular weight is 554 g/mol. The molecule has 2 aromatic rings. The van der Waals surface area contributed by atoms with Crippen LogP contribution < -0.4 is 5.32 Å². The minimum atomic E-state index is -0.713. The summed E-state index contributed by atoms with van der Waals surface area (Å²) >= 11 is 0. The molecule has 5 rings (SSSR count). The number of phenolic OH excluding ortho intramolecular Hbond substituents is 1. The molecule has 6 nitrogen and oxygen atoms in total. The molecule has 0 radical (unpaired) electrons. The molecule has 0 unspecified atom stereocenters. The number of halogens is 1. The van der Waals surface area contributed by atoms with Crippen LogP contribution in [0.4, 0.5) is 0 Å². The van der Waals surface area contributed by atoms with Crippen molar-refractivity contribution in [3.8, 4) is 16.9 Å². The molecule has 2 aromatic carbocycles. The standard InChI is InChI=1S/C32H43N3O3.ClH/c1-2-3-17-35-30(37)29(21-24-9-5-4-6-10-24)33-31(38)32(35)15-18-34(19-16-32)23-25-11-7-12-26(20-25)27-13-8-14-28(36)22-27;/h7-8,11-14,20,22,24,29,36H,2-6,9-10,15-19,21,23H2,1H3,(H,33,38);1H/t29-;/m0./s1. The van der Waals surface area contributed by atoms with Gasteiger partial charge in [0.1, 0.15) is 17.3 Å². The van der Waals surface area contributed by atoms with Crippen LogP contribution in [-0.2, 0) is 16.1 Å². The van der Waals surface area contributed by atoms with Gasteiger partial charge in [0.15, 0.2) is 0 Å². The maximum absolute atomic E-state index is 13.8. The lowest BCUT2D eigenvalue weighted by molar-refractivity contribution is -0.162. The first-order valence-electron chi connectivity index (χ1n) is 14.7. The molecule has 1 spiro atoms. The number of phenols is 1. The number of nitrogens with one attached hydrogen (secondary N) is 1. The lowest BCUT2D eigenvalue weighted by Crippen LogP contribution is -2.73. The Bertz CT molecular complexity index is 1130. The number of carbonyl (C=O) groups is 2. The van der Waals surface area contributed by atoms with E-state index in [1.165, 1.54) is 37.7 Å². The van der Waals surface area contributed by atoms with E-state index in [1.54, 1.807) is 12.1 Å². The number of amides is 2. The predicted molar refractivity (Wildman–Crippen MR) is 158 cm³/mol. The fourth-order valence-corrected chi connectivity index (χ4v) is 6.80. The van der Waals surface area contributed by atoms with Gasteiger partial charge in [-0.3, -0.25) is 14.5 Å². The maximum Gasteiger partial charge on any atom is 0.246 e. The fraction of sp³-hybridized carbons (Fsp3) is 0.562. The van der Waals surface area contributed by atoms with E-state index < -0.39 is 5.54 Å². The highest BCUT2D eigenvalue weighted by Gasteiger charge is 2.53. The second kappa shape index (κ2) is 13.2. The van der Waals surface area contributed by atoms with Gasteiger partial charge in [0.25, 0.3) is 0 Å². The summed E-state index contributed by atoms with van der Waals surface area (Å²) in [6, 6.07) is 15.4. The van der Waals surface area contributed by atoms with E-state index in [9.17, 15) is 14.7 Å². The number of rotatable bonds is 8. The predicted octanol–water partition coefficient (Wildman–Crippen LogP) is 5.91. The van der Waals surface area contributed by atoms with Gasteiger partial charge in [-0.15, -0.1) is 12.4 Å². The Labute approximate surface area is 239 Å². The average Bonchev–Trinajstić information content (AvgIpc) is 2.94. The van der Waals surface area contributed by atoms with Crippen LogP contribution in [0.2, 0.25) is 0 Å². The van der Waals surface area contributed by atoms with Crippen LogP contribution in [0.3, 0.4) is 0 Å². The van der Waals surface area contributed by atoms with Crippen molar-refractivity contribution in [2.75, 3.05) is 19.6 Å². The Hall–Kier alpha value is -2.57. The minimum absolute atomic E-state index is 0. The summed E-state index contributed by atoms with van der Waals surface area (Å²) in [7, 11) is 0. The van der Waals surface area contributed by atoms with Crippen molar-refractivity contribution in [3.63, 3.8) is 0 Å². The number of aromatic hydroxyl groups is 1. The Morgan fingerprint density at radius 1 is 0.974 bits per heavy atom. The highest BCUT2D eigenvalue weighted by Crippen LogP contribution is 2.36. The lowest BCUT2D eigenvalue weighted by Gasteiger charge is -2.52. The van der Waals surface area contributed by atoms with Crippen LogP contribution in [-0.4, -0.2) is 57.9 Å². The molecule has 1 atom stereocenters. The smallest absolute Gasteiger partial charge is 0.246 e. The van der Waals surface area contributed by atoms with Crippen molar-refractivity contribution >= 4 is 24.2 Å². The number of hydrogen-bond acceptors (Lipinski definition) is 4. The molecule has 2 aliphatic heterocycles. The van der Waals surface area contributed by atoms with Crippen molar-refractivity contribution in [1.29, 1.82) is 0 Å². The molecule has 0 aromatic heterocycles. The summed E-state index contributed by atoms with van der Waals surface area (Å²) in [6.07, 6.45) is 10.2. The van der Waals surface area contributed by atoms with Gasteiger partial charge >= 0.3 is 0 Å². The van der Waals surface area contributed by atoms with Gasteiger partial charge in [-0.05, 0) is 66.5 Å². The summed E-state index contributed by atoms with van der Waals surface area (Å²) in [5.41, 5.74) is 2.58. The molecule has 7 heteroatoms. The van der Waals surface area contributed by atoms with Gasteiger partial charge in [0.2, 0.25) is 11.8 Å². The topological polar surface area (TPSA) is 72.9 Å². The molecular formula is C32H44ClN3O3. The zero-order valence-electron chi connectivity index (χ0n) is 23.2. The summed E-state index contributed by atoms with van der Waals surface area (Å²) < 4.78 is 0. The van der Waals surface area contributed by atoms with E-state index in [-0.39, 0.29) is 36.0 Å². The van der Waals surface area contributed by atoms with Crippen molar-refractivity contribution < 1.29 is 14.7 Å². The Morgan fingerprint density at radius 3 is 2.36 bits per heavy atom. The van der Waals surface area contributed by atoms with E-state index in [2.05, 4.69) is 41.4 Å². The van der Waals surface area contributed by atoms with Crippen LogP contribution in [0.1, 0.15) is 76.7 Å². The highest BCUT2D eigenvalue weighted by molar-refractivity contribution is 6.00. The third-order valence-corrected chi connectivity index (χ3v) is 9.03. The van der Waals surface area contributed by atoms with Crippen LogP contribution in [0, 0.1) is 5.92 Å². The molecule has 3 fully saturated rings. The van der Waals surface area contributed by atoms with Crippen molar-refractivity contribution in [2.45, 2.75) is 89.3 Å². The first-order valence-corrected chi connectivity index (χ1v) is 14.7. The minimum Gasteiger partial charge on any atom is -0.508 e. The molecule has 2 N–H and O–H groups in total. The van der Waals surface area contributed by atoms with E-state index in [4.69, 9.17) is 0 Å². The summed E-state index contributed by atoms with van der Waals surface area (Å²) in [5.74, 6) is 1.04. The largest absolute Gasteiger partial charge is 0.508 e. The highest BCUT2D eigenvalue weighted by atomic mass is 35.5. The molecule has 2 saturated heterocycles. The van der Waals surface area contributed by atoms with Gasteiger partial charge < -0.3 is 15.3 Å². The number of carbonyl (C=O) groups excluding carboxylic acids is 2. The third kappa shape index (κ3) is 6.60. The Balaban J connectivity index is 0.00000353. The summed E-state index contributed by atoms with van der Waals surface area (Å²) in [6.45, 7) is 5.20. The number of hydrogen-bond donors (Lipinski definition) is 2. The molecule has 0 bridgehead atoms. The van der Waals surface area contributed by atoms with Crippen molar-refractivity contribution in [2.24, 2.45) is 5.92 Å². The van der Waals surface area contributed by atoms with Crippen LogP contribution >= 0.6 is 12.4 Å². The monoisotopic (exact) mass is 553 g/mol. The Morgan fingerprint density at radius 2 is 1.67 bits per heavy atom. The van der Waals surface area contributed by atoms with Crippen LogP contribution in [0.5, 0.6) is 5.75 Å². The first kappa shape index (κ1) is 29.4. The van der Waals surface area contributed by atoms with Crippen LogP contribution in [0.25, 0.3) is 11.1 Å². The molecule has 1 aliphatic carbocycles. The Kier molecular flexibility index (Phi) is 9.95. The molecule has 212 valence electrons. The van der Waals surface area contributed by atoms with E-state index >= 15 is 0 Å². The number of unbranched alkanes of at least 4 members (excludes halogenated alkanes) is 1. The lowest BCUT2D eigenvalue weighted by atomic mass is 9.79. The van der Waals surface area contributed by atoms with Crippen molar-refractivity contribution in [1.82, 2.24) is 15.1 Å².